The molecule has 3 heteroatoms. The molecule has 0 spiro atoms. The Labute approximate surface area is 150 Å². The number of hydrogen-bond donors (Lipinski definition) is 0. The highest BCUT2D eigenvalue weighted by molar-refractivity contribution is 5.64. The largest absolute Gasteiger partial charge is 0.496 e. The molecule has 0 radical (unpaired) electrons. The third-order valence-electron chi connectivity index (χ3n) is 5.98. The quantitative estimate of drug-likeness (QED) is 0.791. The second-order valence-electron chi connectivity index (χ2n) is 7.67. The second-order valence-corrected chi connectivity index (χ2v) is 7.67. The first-order valence-electron chi connectivity index (χ1n) is 9.25. The van der Waals surface area contributed by atoms with Crippen LogP contribution >= 0.6 is 0 Å². The number of para-hydroxylation sites is 1. The zero-order valence-electron chi connectivity index (χ0n) is 15.6. The molecule has 0 saturated carbocycles. The lowest BCUT2D eigenvalue weighted by molar-refractivity contribution is 0.119. The molecule has 2 atom stereocenters. The van der Waals surface area contributed by atoms with E-state index in [1.54, 1.807) is 7.11 Å². The zero-order valence-corrected chi connectivity index (χ0v) is 15.6. The third-order valence-corrected chi connectivity index (χ3v) is 5.98. The first-order chi connectivity index (χ1) is 12.1. The maximum atomic E-state index is 6.21. The molecule has 0 aromatic heterocycles. The lowest BCUT2D eigenvalue weighted by atomic mass is 9.64. The third kappa shape index (κ3) is 2.32. The summed E-state index contributed by atoms with van der Waals surface area (Å²) in [6.45, 7) is 8.74. The van der Waals surface area contributed by atoms with E-state index in [-0.39, 0.29) is 11.5 Å². The van der Waals surface area contributed by atoms with E-state index in [9.17, 15) is 0 Å². The lowest BCUT2D eigenvalue weighted by Gasteiger charge is -2.53. The van der Waals surface area contributed by atoms with Crippen molar-refractivity contribution in [2.24, 2.45) is 5.92 Å². The van der Waals surface area contributed by atoms with Gasteiger partial charge in [0, 0.05) is 23.6 Å². The molecule has 0 unspecified atom stereocenters. The molecular formula is C22H27NO2. The van der Waals surface area contributed by atoms with Gasteiger partial charge >= 0.3 is 0 Å². The van der Waals surface area contributed by atoms with Crippen molar-refractivity contribution in [2.75, 3.05) is 25.2 Å². The average Bonchev–Trinajstić information content (AvgIpc) is 2.64. The number of hydrogen-bond acceptors (Lipinski definition) is 3. The molecule has 0 aliphatic carbocycles. The summed E-state index contributed by atoms with van der Waals surface area (Å²) in [5.74, 6) is 2.29. The number of benzene rings is 2. The van der Waals surface area contributed by atoms with Gasteiger partial charge in [-0.2, -0.15) is 0 Å². The van der Waals surface area contributed by atoms with Crippen LogP contribution in [0.25, 0.3) is 0 Å². The van der Waals surface area contributed by atoms with Crippen molar-refractivity contribution in [1.29, 1.82) is 0 Å². The fourth-order valence-electron chi connectivity index (χ4n) is 4.69. The Balaban J connectivity index is 1.96. The molecule has 2 aliphatic heterocycles. The summed E-state index contributed by atoms with van der Waals surface area (Å²) in [5.41, 5.74) is 4.03. The van der Waals surface area contributed by atoms with Crippen molar-refractivity contribution in [3.63, 3.8) is 0 Å². The highest BCUT2D eigenvalue weighted by Gasteiger charge is 2.50. The Hall–Kier alpha value is -2.16. The molecule has 4 rings (SSSR count). The van der Waals surface area contributed by atoms with Gasteiger partial charge in [-0.3, -0.25) is 0 Å². The lowest BCUT2D eigenvalue weighted by Crippen LogP contribution is -2.51. The van der Waals surface area contributed by atoms with Gasteiger partial charge in [-0.25, -0.2) is 0 Å². The summed E-state index contributed by atoms with van der Waals surface area (Å²) in [6.07, 6.45) is 1.11. The highest BCUT2D eigenvalue weighted by Crippen LogP contribution is 2.56. The number of anilines is 1. The predicted molar refractivity (Wildman–Crippen MR) is 102 cm³/mol. The molecule has 2 aromatic carbocycles. The molecule has 0 amide bonds. The van der Waals surface area contributed by atoms with Gasteiger partial charge in [-0.05, 0) is 30.2 Å². The summed E-state index contributed by atoms with van der Waals surface area (Å²) in [6, 6.07) is 15.3. The van der Waals surface area contributed by atoms with Crippen LogP contribution in [-0.2, 0) is 5.41 Å². The molecule has 25 heavy (non-hydrogen) atoms. The monoisotopic (exact) mass is 337 g/mol. The molecule has 0 N–H and O–H groups in total. The van der Waals surface area contributed by atoms with Gasteiger partial charge in [0.05, 0.1) is 25.3 Å². The normalized spacial score (nSPS) is 23.1. The van der Waals surface area contributed by atoms with Gasteiger partial charge < -0.3 is 14.4 Å². The van der Waals surface area contributed by atoms with E-state index in [2.05, 4.69) is 62.1 Å². The Morgan fingerprint density at radius 1 is 1.16 bits per heavy atom. The Morgan fingerprint density at radius 2 is 1.96 bits per heavy atom. The van der Waals surface area contributed by atoms with Crippen molar-refractivity contribution in [3.8, 4) is 11.5 Å². The van der Waals surface area contributed by atoms with Crippen molar-refractivity contribution in [1.82, 2.24) is 0 Å². The highest BCUT2D eigenvalue weighted by atomic mass is 16.5. The van der Waals surface area contributed by atoms with E-state index >= 15 is 0 Å². The molecule has 2 aromatic rings. The van der Waals surface area contributed by atoms with Gasteiger partial charge in [0.1, 0.15) is 11.5 Å². The number of methoxy groups -OCH3 is 1. The minimum Gasteiger partial charge on any atom is -0.496 e. The van der Waals surface area contributed by atoms with E-state index < -0.39 is 0 Å². The Morgan fingerprint density at radius 3 is 2.72 bits per heavy atom. The SMILES string of the molecule is CCCN1c2ccccc2C(C)(C)[C@@H]2COc3cccc(OC)c3[C@H]21. The van der Waals surface area contributed by atoms with Gasteiger partial charge in [0.25, 0.3) is 0 Å². The van der Waals surface area contributed by atoms with Crippen molar-refractivity contribution < 1.29 is 9.47 Å². The van der Waals surface area contributed by atoms with Gasteiger partial charge in [-0.1, -0.05) is 45.0 Å². The van der Waals surface area contributed by atoms with Gasteiger partial charge in [0.2, 0.25) is 0 Å². The van der Waals surface area contributed by atoms with Crippen LogP contribution in [0.2, 0.25) is 0 Å². The molecule has 132 valence electrons. The van der Waals surface area contributed by atoms with Crippen LogP contribution in [0.15, 0.2) is 42.5 Å². The van der Waals surface area contributed by atoms with Crippen LogP contribution in [0, 0.1) is 5.92 Å². The number of ether oxygens (including phenoxy) is 2. The molecule has 3 nitrogen and oxygen atoms in total. The minimum atomic E-state index is 0.0457. The molecule has 0 bridgehead atoms. The topological polar surface area (TPSA) is 21.7 Å². The van der Waals surface area contributed by atoms with Crippen LogP contribution < -0.4 is 14.4 Å². The standard InChI is InChI=1S/C22H27NO2/c1-5-13-23-17-10-7-6-9-15(17)22(2,3)16-14-25-19-12-8-11-18(24-4)20(19)21(16)23/h6-12,16,21H,5,13-14H2,1-4H3/t16-,21+/m1/s1. The van der Waals surface area contributed by atoms with Crippen molar-refractivity contribution in [2.45, 2.75) is 38.6 Å². The summed E-state index contributed by atoms with van der Waals surface area (Å²) < 4.78 is 11.9. The smallest absolute Gasteiger partial charge is 0.128 e. The molecular weight excluding hydrogens is 310 g/mol. The fraction of sp³-hybridized carbons (Fsp3) is 0.455. The van der Waals surface area contributed by atoms with Crippen molar-refractivity contribution >= 4 is 5.69 Å². The van der Waals surface area contributed by atoms with Crippen LogP contribution in [-0.4, -0.2) is 20.3 Å². The maximum Gasteiger partial charge on any atom is 0.128 e. The van der Waals surface area contributed by atoms with E-state index in [4.69, 9.17) is 9.47 Å². The molecule has 2 heterocycles. The van der Waals surface area contributed by atoms with Crippen LogP contribution in [0.4, 0.5) is 5.69 Å². The minimum absolute atomic E-state index is 0.0457. The summed E-state index contributed by atoms with van der Waals surface area (Å²) in [4.78, 5) is 2.58. The summed E-state index contributed by atoms with van der Waals surface area (Å²) in [7, 11) is 1.76. The number of nitrogens with zero attached hydrogens (tertiary/aromatic N) is 1. The Bertz CT molecular complexity index is 769. The number of fused-ring (bicyclic) bond motifs is 4. The van der Waals surface area contributed by atoms with Gasteiger partial charge in [-0.15, -0.1) is 0 Å². The molecule has 2 aliphatic rings. The fourth-order valence-corrected chi connectivity index (χ4v) is 4.69. The summed E-state index contributed by atoms with van der Waals surface area (Å²) in [5, 5.41) is 0. The van der Waals surface area contributed by atoms with Crippen LogP contribution in [0.1, 0.15) is 44.4 Å². The Kier molecular flexibility index (Phi) is 3.90. The zero-order chi connectivity index (χ0) is 17.6. The van der Waals surface area contributed by atoms with Crippen LogP contribution in [0.5, 0.6) is 11.5 Å². The van der Waals surface area contributed by atoms with Crippen LogP contribution in [0.3, 0.4) is 0 Å². The molecule has 0 saturated heterocycles. The first-order valence-corrected chi connectivity index (χ1v) is 9.25. The van der Waals surface area contributed by atoms with E-state index in [1.807, 2.05) is 6.07 Å². The van der Waals surface area contributed by atoms with E-state index in [0.717, 1.165) is 31.1 Å². The first kappa shape index (κ1) is 16.3. The van der Waals surface area contributed by atoms with Gasteiger partial charge in [0.15, 0.2) is 0 Å². The van der Waals surface area contributed by atoms with E-state index in [0.29, 0.717) is 5.92 Å². The maximum absolute atomic E-state index is 6.21. The van der Waals surface area contributed by atoms with Crippen molar-refractivity contribution in [3.05, 3.63) is 53.6 Å². The average molecular weight is 337 g/mol. The summed E-state index contributed by atoms with van der Waals surface area (Å²) >= 11 is 0. The number of rotatable bonds is 3. The van der Waals surface area contributed by atoms with E-state index in [1.165, 1.54) is 16.8 Å². The molecule has 0 fully saturated rings. The second kappa shape index (κ2) is 5.98. The predicted octanol–water partition coefficient (Wildman–Crippen LogP) is 4.95.